The Morgan fingerprint density at radius 1 is 1.35 bits per heavy atom. The number of thioether (sulfide) groups is 1. The lowest BCUT2D eigenvalue weighted by molar-refractivity contribution is 0.408. The van der Waals surface area contributed by atoms with Gasteiger partial charge in [0.2, 0.25) is 0 Å². The predicted octanol–water partition coefficient (Wildman–Crippen LogP) is 2.98. The Morgan fingerprint density at radius 2 is 2.15 bits per heavy atom. The van der Waals surface area contributed by atoms with Crippen LogP contribution in [-0.2, 0) is 6.54 Å². The maximum Gasteiger partial charge on any atom is 0.194 e. The molecule has 1 aromatic carbocycles. The highest BCUT2D eigenvalue weighted by Crippen LogP contribution is 2.21. The fraction of sp³-hybridized carbons (Fsp3) is 0.562. The molecule has 1 aliphatic heterocycles. The van der Waals surface area contributed by atoms with Gasteiger partial charge in [-0.25, -0.2) is 4.99 Å². The molecule has 0 radical (unpaired) electrons. The Labute approximate surface area is 126 Å². The van der Waals surface area contributed by atoms with Crippen molar-refractivity contribution in [2.24, 2.45) is 4.99 Å². The van der Waals surface area contributed by atoms with Crippen molar-refractivity contribution in [1.29, 1.82) is 0 Å². The number of benzene rings is 1. The highest BCUT2D eigenvalue weighted by molar-refractivity contribution is 8.00. The minimum atomic E-state index is 0.740. The van der Waals surface area contributed by atoms with E-state index in [1.807, 2.05) is 6.07 Å². The molecule has 1 unspecified atom stereocenters. The largest absolute Gasteiger partial charge is 0.357 e. The smallest absolute Gasteiger partial charge is 0.194 e. The van der Waals surface area contributed by atoms with Crippen LogP contribution >= 0.6 is 11.8 Å². The first-order valence-corrected chi connectivity index (χ1v) is 8.57. The molecule has 1 N–H and O–H groups in total. The van der Waals surface area contributed by atoms with Gasteiger partial charge in [0.05, 0.1) is 6.54 Å². The second-order valence-corrected chi connectivity index (χ2v) is 6.41. The summed E-state index contributed by atoms with van der Waals surface area (Å²) >= 11 is 2.09. The maximum atomic E-state index is 4.80. The molecule has 4 heteroatoms. The molecule has 1 atom stereocenters. The zero-order chi connectivity index (χ0) is 14.2. The SMILES string of the molecule is CCNC(=NCc1ccccc1)N1CCSC(CC)C1. The molecule has 0 amide bonds. The van der Waals surface area contributed by atoms with Crippen LogP contribution in [-0.4, -0.2) is 41.5 Å². The van der Waals surface area contributed by atoms with Gasteiger partial charge in [-0.2, -0.15) is 11.8 Å². The van der Waals surface area contributed by atoms with Crippen LogP contribution in [0.5, 0.6) is 0 Å². The molecular weight excluding hydrogens is 266 g/mol. The van der Waals surface area contributed by atoms with Crippen LogP contribution in [0.2, 0.25) is 0 Å². The normalized spacial score (nSPS) is 20.0. The first-order chi connectivity index (χ1) is 9.83. The Morgan fingerprint density at radius 3 is 2.85 bits per heavy atom. The van der Waals surface area contributed by atoms with Crippen molar-refractivity contribution in [3.63, 3.8) is 0 Å². The van der Waals surface area contributed by atoms with Gasteiger partial charge >= 0.3 is 0 Å². The molecule has 1 heterocycles. The van der Waals surface area contributed by atoms with Gasteiger partial charge in [0.1, 0.15) is 0 Å². The summed E-state index contributed by atoms with van der Waals surface area (Å²) in [5.41, 5.74) is 1.27. The molecule has 0 spiro atoms. The first kappa shape index (κ1) is 15.2. The third-order valence-electron chi connectivity index (χ3n) is 3.48. The van der Waals surface area contributed by atoms with Crippen molar-refractivity contribution in [3.05, 3.63) is 35.9 Å². The van der Waals surface area contributed by atoms with Crippen LogP contribution in [0.15, 0.2) is 35.3 Å². The van der Waals surface area contributed by atoms with Gasteiger partial charge in [0.15, 0.2) is 5.96 Å². The second-order valence-electron chi connectivity index (χ2n) is 5.00. The molecule has 20 heavy (non-hydrogen) atoms. The summed E-state index contributed by atoms with van der Waals surface area (Å²) in [5, 5.41) is 4.17. The van der Waals surface area contributed by atoms with Crippen LogP contribution in [0.1, 0.15) is 25.8 Å². The Hall–Kier alpha value is -1.16. The maximum absolute atomic E-state index is 4.80. The van der Waals surface area contributed by atoms with Gasteiger partial charge in [-0.3, -0.25) is 0 Å². The predicted molar refractivity (Wildman–Crippen MR) is 89.4 cm³/mol. The topological polar surface area (TPSA) is 27.6 Å². The summed E-state index contributed by atoms with van der Waals surface area (Å²) in [6.45, 7) is 8.30. The van der Waals surface area contributed by atoms with Crippen molar-refractivity contribution < 1.29 is 0 Å². The third kappa shape index (κ3) is 4.44. The van der Waals surface area contributed by atoms with E-state index in [9.17, 15) is 0 Å². The molecule has 2 rings (SSSR count). The molecule has 110 valence electrons. The third-order valence-corrected chi connectivity index (χ3v) is 4.85. The van der Waals surface area contributed by atoms with E-state index in [0.717, 1.165) is 37.4 Å². The van der Waals surface area contributed by atoms with E-state index in [0.29, 0.717) is 0 Å². The fourth-order valence-electron chi connectivity index (χ4n) is 2.33. The summed E-state index contributed by atoms with van der Waals surface area (Å²) in [6, 6.07) is 10.5. The van der Waals surface area contributed by atoms with Crippen molar-refractivity contribution in [1.82, 2.24) is 10.2 Å². The summed E-state index contributed by atoms with van der Waals surface area (Å²) in [4.78, 5) is 7.21. The van der Waals surface area contributed by atoms with E-state index in [1.165, 1.54) is 17.7 Å². The number of hydrogen-bond donors (Lipinski definition) is 1. The van der Waals surface area contributed by atoms with Gasteiger partial charge in [-0.05, 0) is 18.9 Å². The van der Waals surface area contributed by atoms with Crippen LogP contribution in [0, 0.1) is 0 Å². The lowest BCUT2D eigenvalue weighted by Gasteiger charge is -2.34. The molecule has 1 aliphatic rings. The summed E-state index contributed by atoms with van der Waals surface area (Å²) in [6.07, 6.45) is 1.24. The monoisotopic (exact) mass is 291 g/mol. The highest BCUT2D eigenvalue weighted by atomic mass is 32.2. The molecular formula is C16H25N3S. The van der Waals surface area contributed by atoms with Gasteiger partial charge < -0.3 is 10.2 Å². The molecule has 1 saturated heterocycles. The highest BCUT2D eigenvalue weighted by Gasteiger charge is 2.21. The average Bonchev–Trinajstić information content (AvgIpc) is 2.52. The molecule has 3 nitrogen and oxygen atoms in total. The quantitative estimate of drug-likeness (QED) is 0.683. The zero-order valence-electron chi connectivity index (χ0n) is 12.5. The van der Waals surface area contributed by atoms with E-state index in [2.05, 4.69) is 60.1 Å². The molecule has 0 bridgehead atoms. The molecule has 0 aliphatic carbocycles. The number of rotatable bonds is 4. The van der Waals surface area contributed by atoms with E-state index < -0.39 is 0 Å². The van der Waals surface area contributed by atoms with Crippen molar-refractivity contribution in [2.75, 3.05) is 25.4 Å². The molecule has 1 fully saturated rings. The molecule has 1 aromatic rings. The van der Waals surface area contributed by atoms with Crippen molar-refractivity contribution >= 4 is 17.7 Å². The van der Waals surface area contributed by atoms with Gasteiger partial charge in [0, 0.05) is 30.6 Å². The number of hydrogen-bond acceptors (Lipinski definition) is 2. The van der Waals surface area contributed by atoms with E-state index in [4.69, 9.17) is 4.99 Å². The summed E-state index contributed by atoms with van der Waals surface area (Å²) in [5.74, 6) is 2.27. The standard InChI is InChI=1S/C16H25N3S/c1-3-15-13-19(10-11-20-15)16(17-4-2)18-12-14-8-6-5-7-9-14/h5-9,15H,3-4,10-13H2,1-2H3,(H,17,18). The van der Waals surface area contributed by atoms with Crippen LogP contribution < -0.4 is 5.32 Å². The lowest BCUT2D eigenvalue weighted by Crippen LogP contribution is -2.48. The Kier molecular flexibility index (Phi) is 6.25. The Balaban J connectivity index is 2.01. The zero-order valence-corrected chi connectivity index (χ0v) is 13.3. The number of aliphatic imine (C=N–C) groups is 1. The second kappa shape index (κ2) is 8.20. The minimum absolute atomic E-state index is 0.740. The van der Waals surface area contributed by atoms with Gasteiger partial charge in [0.25, 0.3) is 0 Å². The Bertz CT molecular complexity index is 419. The first-order valence-electron chi connectivity index (χ1n) is 7.52. The number of nitrogens with one attached hydrogen (secondary N) is 1. The lowest BCUT2D eigenvalue weighted by atomic mass is 10.2. The van der Waals surface area contributed by atoms with Crippen molar-refractivity contribution in [3.8, 4) is 0 Å². The summed E-state index contributed by atoms with van der Waals surface area (Å²) < 4.78 is 0. The molecule has 0 saturated carbocycles. The van der Waals surface area contributed by atoms with Crippen LogP contribution in [0.4, 0.5) is 0 Å². The fourth-order valence-corrected chi connectivity index (χ4v) is 3.51. The van der Waals surface area contributed by atoms with Gasteiger partial charge in [-0.1, -0.05) is 37.3 Å². The number of guanidine groups is 1. The van der Waals surface area contributed by atoms with Gasteiger partial charge in [-0.15, -0.1) is 0 Å². The van der Waals surface area contributed by atoms with E-state index in [1.54, 1.807) is 0 Å². The minimum Gasteiger partial charge on any atom is -0.357 e. The van der Waals surface area contributed by atoms with E-state index in [-0.39, 0.29) is 0 Å². The van der Waals surface area contributed by atoms with E-state index >= 15 is 0 Å². The molecule has 0 aromatic heterocycles. The summed E-state index contributed by atoms with van der Waals surface area (Å²) in [7, 11) is 0. The van der Waals surface area contributed by atoms with Crippen LogP contribution in [0.25, 0.3) is 0 Å². The van der Waals surface area contributed by atoms with Crippen molar-refractivity contribution in [2.45, 2.75) is 32.1 Å². The van der Waals surface area contributed by atoms with Crippen LogP contribution in [0.3, 0.4) is 0 Å². The number of nitrogens with zero attached hydrogens (tertiary/aromatic N) is 2. The average molecular weight is 291 g/mol.